The standard InChI is InChI=1S/C14H9Cl2N5O3/c15-9-1-5-11(6-2-9)17-13-14(21(23)24)18-19(20(13)22)12-7-3-10(16)4-8-12/h1-8,22H. The maximum Gasteiger partial charge on any atom is 0.438 e. The second-order valence-electron chi connectivity index (χ2n) is 4.65. The third-order valence-corrected chi connectivity index (χ3v) is 3.55. The van der Waals surface area contributed by atoms with E-state index in [1.165, 1.54) is 0 Å². The molecule has 0 bridgehead atoms. The van der Waals surface area contributed by atoms with Gasteiger partial charge in [-0.05, 0) is 58.3 Å². The molecule has 0 unspecified atom stereocenters. The highest BCUT2D eigenvalue weighted by atomic mass is 35.5. The first kappa shape index (κ1) is 16.0. The maximum atomic E-state index is 11.2. The Morgan fingerprint density at radius 1 is 1.04 bits per heavy atom. The largest absolute Gasteiger partial charge is 0.438 e. The summed E-state index contributed by atoms with van der Waals surface area (Å²) in [6.07, 6.45) is 0. The third-order valence-electron chi connectivity index (χ3n) is 3.05. The van der Waals surface area contributed by atoms with Crippen LogP contribution in [0.25, 0.3) is 5.69 Å². The summed E-state index contributed by atoms with van der Waals surface area (Å²) in [5, 5.41) is 26.2. The van der Waals surface area contributed by atoms with E-state index in [4.69, 9.17) is 23.2 Å². The molecule has 0 saturated heterocycles. The van der Waals surface area contributed by atoms with E-state index in [9.17, 15) is 15.3 Å². The van der Waals surface area contributed by atoms with Gasteiger partial charge in [0.15, 0.2) is 0 Å². The second kappa shape index (κ2) is 6.34. The van der Waals surface area contributed by atoms with Gasteiger partial charge in [0.25, 0.3) is 5.49 Å². The SMILES string of the molecule is O=[N+]([O-])c1nn(-c2ccc(Cl)cc2)n(O)c1=Nc1ccc(Cl)cc1. The van der Waals surface area contributed by atoms with Crippen molar-refractivity contribution in [2.75, 3.05) is 0 Å². The molecule has 0 aliphatic carbocycles. The number of hydrogen-bond donors (Lipinski definition) is 1. The van der Waals surface area contributed by atoms with Crippen LogP contribution >= 0.6 is 23.2 Å². The molecule has 0 fully saturated rings. The van der Waals surface area contributed by atoms with E-state index >= 15 is 0 Å². The van der Waals surface area contributed by atoms with E-state index in [2.05, 4.69) is 10.1 Å². The minimum absolute atomic E-state index is 0.322. The Morgan fingerprint density at radius 3 is 2.12 bits per heavy atom. The molecular weight excluding hydrogens is 357 g/mol. The van der Waals surface area contributed by atoms with Crippen LogP contribution in [0.15, 0.2) is 53.5 Å². The van der Waals surface area contributed by atoms with Crippen LogP contribution in [0.3, 0.4) is 0 Å². The summed E-state index contributed by atoms with van der Waals surface area (Å²) in [6, 6.07) is 12.5. The zero-order chi connectivity index (χ0) is 17.3. The highest BCUT2D eigenvalue weighted by molar-refractivity contribution is 6.30. The van der Waals surface area contributed by atoms with Crippen LogP contribution in [-0.2, 0) is 0 Å². The molecule has 1 N–H and O–H groups in total. The lowest BCUT2D eigenvalue weighted by molar-refractivity contribution is -0.391. The van der Waals surface area contributed by atoms with E-state index in [1.54, 1.807) is 48.5 Å². The Balaban J connectivity index is 2.20. The fourth-order valence-corrected chi connectivity index (χ4v) is 2.20. The highest BCUT2D eigenvalue weighted by Crippen LogP contribution is 2.17. The topological polar surface area (TPSA) is 98.5 Å². The molecule has 0 saturated carbocycles. The number of hydrogen-bond acceptors (Lipinski definition) is 5. The number of aromatic nitrogens is 3. The van der Waals surface area contributed by atoms with Crippen molar-refractivity contribution in [1.82, 2.24) is 14.7 Å². The van der Waals surface area contributed by atoms with Crippen LogP contribution in [0, 0.1) is 10.1 Å². The average Bonchev–Trinajstić information content (AvgIpc) is 2.88. The average molecular weight is 366 g/mol. The summed E-state index contributed by atoms with van der Waals surface area (Å²) in [4.78, 5) is 16.0. The fraction of sp³-hybridized carbons (Fsp3) is 0. The van der Waals surface area contributed by atoms with Crippen LogP contribution in [0.1, 0.15) is 0 Å². The predicted octanol–water partition coefficient (Wildman–Crippen LogP) is 3.36. The van der Waals surface area contributed by atoms with E-state index in [0.29, 0.717) is 26.3 Å². The monoisotopic (exact) mass is 365 g/mol. The lowest BCUT2D eigenvalue weighted by atomic mass is 10.3. The molecule has 3 aromatic rings. The van der Waals surface area contributed by atoms with E-state index in [1.807, 2.05) is 0 Å². The number of benzene rings is 2. The van der Waals surface area contributed by atoms with Gasteiger partial charge in [-0.15, -0.1) is 0 Å². The molecule has 8 nitrogen and oxygen atoms in total. The molecule has 0 radical (unpaired) electrons. The van der Waals surface area contributed by atoms with Gasteiger partial charge in [-0.2, -0.15) is 0 Å². The summed E-state index contributed by atoms with van der Waals surface area (Å²) in [5.74, 6) is -0.595. The van der Waals surface area contributed by atoms with Crippen molar-refractivity contribution < 1.29 is 10.1 Å². The Hall–Kier alpha value is -2.84. The first-order chi connectivity index (χ1) is 11.5. The van der Waals surface area contributed by atoms with Gasteiger partial charge in [0, 0.05) is 10.0 Å². The molecule has 122 valence electrons. The van der Waals surface area contributed by atoms with Crippen molar-refractivity contribution in [3.05, 3.63) is 74.2 Å². The van der Waals surface area contributed by atoms with Gasteiger partial charge in [0.2, 0.25) is 0 Å². The zero-order valence-corrected chi connectivity index (χ0v) is 13.4. The van der Waals surface area contributed by atoms with Gasteiger partial charge in [0.05, 0.1) is 10.8 Å². The van der Waals surface area contributed by atoms with E-state index in [0.717, 1.165) is 4.80 Å². The Bertz CT molecular complexity index is 962. The number of nitrogens with zero attached hydrogens (tertiary/aromatic N) is 5. The maximum absolute atomic E-state index is 11.2. The number of rotatable bonds is 3. The van der Waals surface area contributed by atoms with Gasteiger partial charge < -0.3 is 15.3 Å². The minimum Gasteiger partial charge on any atom is -0.409 e. The second-order valence-corrected chi connectivity index (χ2v) is 5.52. The van der Waals surface area contributed by atoms with Crippen molar-refractivity contribution in [1.29, 1.82) is 0 Å². The normalized spacial score (nSPS) is 11.7. The van der Waals surface area contributed by atoms with Crippen LogP contribution in [0.4, 0.5) is 11.5 Å². The summed E-state index contributed by atoms with van der Waals surface area (Å²) in [6.45, 7) is 0. The lowest BCUT2D eigenvalue weighted by Crippen LogP contribution is -2.21. The predicted molar refractivity (Wildman–Crippen MR) is 87.1 cm³/mol. The first-order valence-electron chi connectivity index (χ1n) is 6.58. The molecule has 0 spiro atoms. The first-order valence-corrected chi connectivity index (χ1v) is 7.33. The van der Waals surface area contributed by atoms with Gasteiger partial charge in [0.1, 0.15) is 5.69 Å². The fourth-order valence-electron chi connectivity index (χ4n) is 1.95. The molecule has 0 aliphatic heterocycles. The van der Waals surface area contributed by atoms with E-state index < -0.39 is 10.7 Å². The number of nitro groups is 1. The molecule has 0 atom stereocenters. The Kier molecular flexibility index (Phi) is 4.24. The molecule has 24 heavy (non-hydrogen) atoms. The quantitative estimate of drug-likeness (QED) is 0.437. The number of halogens is 2. The molecule has 10 heteroatoms. The van der Waals surface area contributed by atoms with Gasteiger partial charge >= 0.3 is 5.82 Å². The summed E-state index contributed by atoms with van der Waals surface area (Å²) >= 11 is 11.6. The smallest absolute Gasteiger partial charge is 0.409 e. The minimum atomic E-state index is -0.728. The Morgan fingerprint density at radius 2 is 1.58 bits per heavy atom. The molecule has 2 aromatic carbocycles. The zero-order valence-electron chi connectivity index (χ0n) is 11.9. The van der Waals surface area contributed by atoms with Crippen molar-refractivity contribution in [2.24, 2.45) is 4.99 Å². The van der Waals surface area contributed by atoms with Gasteiger partial charge in [-0.25, -0.2) is 4.99 Å². The van der Waals surface area contributed by atoms with Crippen molar-refractivity contribution >= 4 is 34.7 Å². The molecule has 0 aliphatic rings. The molecule has 0 amide bonds. The van der Waals surface area contributed by atoms with Crippen molar-refractivity contribution in [3.8, 4) is 5.69 Å². The molecule has 1 aromatic heterocycles. The van der Waals surface area contributed by atoms with Gasteiger partial charge in [-0.1, -0.05) is 28.0 Å². The summed E-state index contributed by atoms with van der Waals surface area (Å²) < 4.78 is 0. The van der Waals surface area contributed by atoms with Crippen molar-refractivity contribution in [3.63, 3.8) is 0 Å². The summed E-state index contributed by atoms with van der Waals surface area (Å²) in [5.41, 5.74) is 0.431. The molecule has 3 rings (SSSR count). The third kappa shape index (κ3) is 3.10. The molecule has 1 heterocycles. The van der Waals surface area contributed by atoms with Crippen molar-refractivity contribution in [2.45, 2.75) is 0 Å². The van der Waals surface area contributed by atoms with Crippen LogP contribution < -0.4 is 5.49 Å². The Labute approximate surface area is 144 Å². The van der Waals surface area contributed by atoms with Crippen LogP contribution in [0.5, 0.6) is 0 Å². The van der Waals surface area contributed by atoms with E-state index in [-0.39, 0.29) is 5.49 Å². The molecular formula is C14H9Cl2N5O3. The van der Waals surface area contributed by atoms with Crippen LogP contribution in [0.2, 0.25) is 10.0 Å². The van der Waals surface area contributed by atoms with Gasteiger partial charge in [-0.3, -0.25) is 0 Å². The lowest BCUT2D eigenvalue weighted by Gasteiger charge is -1.99. The van der Waals surface area contributed by atoms with Crippen LogP contribution in [-0.4, -0.2) is 24.9 Å². The summed E-state index contributed by atoms with van der Waals surface area (Å²) in [7, 11) is 0. The highest BCUT2D eigenvalue weighted by Gasteiger charge is 2.24.